The molecule has 0 bridgehead atoms. The van der Waals surface area contributed by atoms with Crippen molar-refractivity contribution in [3.8, 4) is 0 Å². The monoisotopic (exact) mass is 353 g/mol. The number of ether oxygens (including phenoxy) is 2. The SMILES string of the molecule is CCOC(OCC)([Si]C)Sc1ccc2nc(NC(=O)O)[nH]c2c1. The first-order valence-electron chi connectivity index (χ1n) is 7.17. The average molecular weight is 353 g/mol. The highest BCUT2D eigenvalue weighted by atomic mass is 32.2. The van der Waals surface area contributed by atoms with Crippen LogP contribution in [0, 0.1) is 0 Å². The second-order valence-electron chi connectivity index (χ2n) is 4.47. The van der Waals surface area contributed by atoms with Gasteiger partial charge in [-0.25, -0.2) is 9.78 Å². The lowest BCUT2D eigenvalue weighted by molar-refractivity contribution is -0.110. The van der Waals surface area contributed by atoms with Gasteiger partial charge in [-0.3, -0.25) is 5.32 Å². The summed E-state index contributed by atoms with van der Waals surface area (Å²) in [5.74, 6) is 0.202. The molecule has 0 fully saturated rings. The number of hydrogen-bond donors (Lipinski definition) is 3. The number of carbonyl (C=O) groups is 1. The zero-order valence-electron chi connectivity index (χ0n) is 13.2. The predicted molar refractivity (Wildman–Crippen MR) is 91.2 cm³/mol. The third-order valence-corrected chi connectivity index (χ3v) is 5.72. The fraction of sp³-hybridized carbons (Fsp3) is 0.429. The second kappa shape index (κ2) is 7.82. The van der Waals surface area contributed by atoms with Crippen LogP contribution in [0.1, 0.15) is 13.8 Å². The summed E-state index contributed by atoms with van der Waals surface area (Å²) in [7, 11) is 0.440. The van der Waals surface area contributed by atoms with Crippen molar-refractivity contribution < 1.29 is 19.4 Å². The number of aromatic nitrogens is 2. The lowest BCUT2D eigenvalue weighted by Crippen LogP contribution is -2.37. The van der Waals surface area contributed by atoms with E-state index in [1.807, 2.05) is 38.6 Å². The quantitative estimate of drug-likeness (QED) is 0.383. The Labute approximate surface area is 141 Å². The van der Waals surface area contributed by atoms with Crippen molar-refractivity contribution in [1.29, 1.82) is 0 Å². The summed E-state index contributed by atoms with van der Waals surface area (Å²) in [5, 5.41) is 11.0. The number of nitrogens with one attached hydrogen (secondary N) is 2. The van der Waals surface area contributed by atoms with E-state index in [2.05, 4.69) is 15.3 Å². The fourth-order valence-corrected chi connectivity index (χ4v) is 4.36. The summed E-state index contributed by atoms with van der Waals surface area (Å²) >= 11 is 1.51. The number of amides is 1. The number of fused-ring (bicyclic) bond motifs is 1. The Balaban J connectivity index is 2.26. The zero-order chi connectivity index (χ0) is 16.9. The van der Waals surface area contributed by atoms with Crippen molar-refractivity contribution in [3.63, 3.8) is 0 Å². The third-order valence-electron chi connectivity index (χ3n) is 2.91. The molecule has 3 N–H and O–H groups in total. The van der Waals surface area contributed by atoms with Gasteiger partial charge in [0.2, 0.25) is 5.95 Å². The fourth-order valence-electron chi connectivity index (χ4n) is 2.04. The van der Waals surface area contributed by atoms with Crippen LogP contribution >= 0.6 is 11.8 Å². The highest BCUT2D eigenvalue weighted by molar-refractivity contribution is 8.01. The Hall–Kier alpha value is -1.55. The maximum atomic E-state index is 10.7. The number of carboxylic acid groups (broad SMARTS) is 1. The molecule has 7 nitrogen and oxygen atoms in total. The van der Waals surface area contributed by atoms with Gasteiger partial charge in [0.1, 0.15) is 9.52 Å². The third kappa shape index (κ3) is 4.47. The van der Waals surface area contributed by atoms with Crippen LogP contribution < -0.4 is 5.32 Å². The van der Waals surface area contributed by atoms with E-state index < -0.39 is 10.8 Å². The number of thioether (sulfide) groups is 1. The van der Waals surface area contributed by atoms with Gasteiger partial charge in [0, 0.05) is 18.1 Å². The van der Waals surface area contributed by atoms with Gasteiger partial charge in [-0.05, 0) is 32.0 Å². The molecule has 9 heteroatoms. The Morgan fingerprint density at radius 1 is 1.43 bits per heavy atom. The number of benzene rings is 1. The van der Waals surface area contributed by atoms with Crippen molar-refractivity contribution in [1.82, 2.24) is 9.97 Å². The molecule has 0 unspecified atom stereocenters. The number of rotatable bonds is 8. The first-order chi connectivity index (χ1) is 11.0. The molecule has 0 aliphatic carbocycles. The van der Waals surface area contributed by atoms with Crippen LogP contribution in [0.3, 0.4) is 0 Å². The van der Waals surface area contributed by atoms with Crippen molar-refractivity contribution in [3.05, 3.63) is 18.2 Å². The van der Waals surface area contributed by atoms with Gasteiger partial charge in [-0.1, -0.05) is 18.3 Å². The molecule has 23 heavy (non-hydrogen) atoms. The van der Waals surface area contributed by atoms with Gasteiger partial charge in [-0.2, -0.15) is 0 Å². The van der Waals surface area contributed by atoms with E-state index in [4.69, 9.17) is 14.6 Å². The van der Waals surface area contributed by atoms with Crippen molar-refractivity contribution in [2.24, 2.45) is 0 Å². The second-order valence-corrected chi connectivity index (χ2v) is 7.20. The van der Waals surface area contributed by atoms with Crippen LogP contribution in [0.15, 0.2) is 23.1 Å². The molecule has 2 radical (unpaired) electrons. The highest BCUT2D eigenvalue weighted by Gasteiger charge is 2.31. The topological polar surface area (TPSA) is 96.5 Å². The molecule has 0 saturated heterocycles. The zero-order valence-corrected chi connectivity index (χ0v) is 15.0. The molecule has 1 heterocycles. The molecule has 0 aliphatic heterocycles. The Bertz CT molecular complexity index is 673. The maximum absolute atomic E-state index is 10.7. The Kier molecular flexibility index (Phi) is 6.05. The molecule has 1 aromatic carbocycles. The number of nitrogens with zero attached hydrogens (tertiary/aromatic N) is 1. The van der Waals surface area contributed by atoms with E-state index in [1.165, 1.54) is 11.8 Å². The van der Waals surface area contributed by atoms with Gasteiger partial charge in [-0.15, -0.1) is 0 Å². The van der Waals surface area contributed by atoms with E-state index in [1.54, 1.807) is 0 Å². The number of aromatic amines is 1. The standard InChI is InChI=1S/C14H19N3O4SSi/c1-4-20-14(23-3,21-5-2)22-9-6-7-10-11(8-9)16-12(15-10)17-13(18)19/h6-8H,4-5H2,1-3H3,(H,18,19)(H2,15,16,17). The van der Waals surface area contributed by atoms with Gasteiger partial charge >= 0.3 is 6.09 Å². The van der Waals surface area contributed by atoms with E-state index >= 15 is 0 Å². The van der Waals surface area contributed by atoms with Gasteiger partial charge in [0.25, 0.3) is 0 Å². The molecule has 0 atom stereocenters. The molecule has 1 aromatic heterocycles. The summed E-state index contributed by atoms with van der Waals surface area (Å²) in [6.07, 6.45) is -1.16. The van der Waals surface area contributed by atoms with Crippen LogP contribution in [0.5, 0.6) is 0 Å². The van der Waals surface area contributed by atoms with Crippen molar-refractivity contribution in [2.75, 3.05) is 18.5 Å². The minimum atomic E-state index is -1.16. The summed E-state index contributed by atoms with van der Waals surface area (Å²) in [6.45, 7) is 7.05. The smallest absolute Gasteiger partial charge is 0.411 e. The summed E-state index contributed by atoms with van der Waals surface area (Å²) in [5.41, 5.74) is 1.44. The molecule has 2 aromatic rings. The van der Waals surface area contributed by atoms with Gasteiger partial charge in [0.05, 0.1) is 11.0 Å². The molecular weight excluding hydrogens is 334 g/mol. The largest absolute Gasteiger partial charge is 0.465 e. The van der Waals surface area contributed by atoms with E-state index in [9.17, 15) is 4.79 Å². The van der Waals surface area contributed by atoms with E-state index in [-0.39, 0.29) is 5.95 Å². The summed E-state index contributed by atoms with van der Waals surface area (Å²) in [4.78, 5) is 18.7. The number of H-pyrrole nitrogens is 1. The minimum absolute atomic E-state index is 0.202. The van der Waals surface area contributed by atoms with Crippen molar-refractivity contribution in [2.45, 2.75) is 30.0 Å². The van der Waals surface area contributed by atoms with Crippen LogP contribution in [0.25, 0.3) is 11.0 Å². The maximum Gasteiger partial charge on any atom is 0.411 e. The molecule has 0 aliphatic rings. The summed E-state index contributed by atoms with van der Waals surface area (Å²) in [6, 6.07) is 5.67. The summed E-state index contributed by atoms with van der Waals surface area (Å²) < 4.78 is 11.0. The predicted octanol–water partition coefficient (Wildman–Crippen LogP) is 3.18. The lowest BCUT2D eigenvalue weighted by Gasteiger charge is -2.31. The van der Waals surface area contributed by atoms with Crippen molar-refractivity contribution >= 4 is 44.4 Å². The average Bonchev–Trinajstić information content (AvgIpc) is 2.88. The number of anilines is 1. The Morgan fingerprint density at radius 2 is 2.13 bits per heavy atom. The highest BCUT2D eigenvalue weighted by Crippen LogP contribution is 2.35. The number of hydrogen-bond acceptors (Lipinski definition) is 5. The van der Waals surface area contributed by atoms with Crippen LogP contribution in [-0.4, -0.2) is 48.6 Å². The number of imidazole rings is 1. The minimum Gasteiger partial charge on any atom is -0.465 e. The molecular formula is C14H19N3O4SSi. The van der Waals surface area contributed by atoms with Gasteiger partial charge in [0.15, 0.2) is 4.74 Å². The molecule has 124 valence electrons. The van der Waals surface area contributed by atoms with Crippen LogP contribution in [0.4, 0.5) is 10.7 Å². The van der Waals surface area contributed by atoms with Gasteiger partial charge < -0.3 is 19.6 Å². The molecule has 0 saturated carbocycles. The van der Waals surface area contributed by atoms with Crippen LogP contribution in [-0.2, 0) is 9.47 Å². The molecule has 1 amide bonds. The van der Waals surface area contributed by atoms with E-state index in [0.29, 0.717) is 28.3 Å². The lowest BCUT2D eigenvalue weighted by atomic mass is 10.3. The first kappa shape index (κ1) is 17.8. The van der Waals surface area contributed by atoms with Crippen LogP contribution in [0.2, 0.25) is 6.55 Å². The normalized spacial score (nSPS) is 11.8. The molecule has 2 rings (SSSR count). The molecule has 0 spiro atoms. The van der Waals surface area contributed by atoms with E-state index in [0.717, 1.165) is 10.4 Å². The Morgan fingerprint density at radius 3 is 2.70 bits per heavy atom. The first-order valence-corrected chi connectivity index (χ1v) is 9.49.